The molecule has 0 unspecified atom stereocenters. The van der Waals surface area contributed by atoms with Crippen molar-refractivity contribution in [2.24, 2.45) is 0 Å². The second kappa shape index (κ2) is 10.5. The third-order valence-corrected chi connectivity index (χ3v) is 6.89. The Bertz CT molecular complexity index is 1690. The lowest BCUT2D eigenvalue weighted by molar-refractivity contribution is 0.0827. The number of amides is 1. The third kappa shape index (κ3) is 4.92. The smallest absolute Gasteiger partial charge is 0.329 e. The second-order valence-electron chi connectivity index (χ2n) is 10.1. The Labute approximate surface area is 222 Å². The molecule has 0 saturated carbocycles. The van der Waals surface area contributed by atoms with Gasteiger partial charge in [-0.2, -0.15) is 0 Å². The van der Waals surface area contributed by atoms with Crippen LogP contribution >= 0.6 is 0 Å². The molecule has 0 atom stereocenters. The van der Waals surface area contributed by atoms with Crippen LogP contribution in [0.4, 0.5) is 0 Å². The Balaban J connectivity index is 1.51. The first-order chi connectivity index (χ1) is 18.3. The summed E-state index contributed by atoms with van der Waals surface area (Å²) < 4.78 is 5.85. The predicted octanol–water partition coefficient (Wildman–Crippen LogP) is 5.31. The second-order valence-corrected chi connectivity index (χ2v) is 10.1. The minimum absolute atomic E-state index is 0.0449. The highest BCUT2D eigenvalue weighted by Gasteiger charge is 2.18. The molecule has 0 radical (unpaired) electrons. The zero-order valence-electron chi connectivity index (χ0n) is 22.2. The third-order valence-electron chi connectivity index (χ3n) is 6.89. The van der Waals surface area contributed by atoms with E-state index in [-0.39, 0.29) is 11.6 Å². The number of para-hydroxylation sites is 4. The van der Waals surface area contributed by atoms with Crippen molar-refractivity contribution in [3.63, 3.8) is 0 Å². The zero-order chi connectivity index (χ0) is 26.8. The first-order valence-corrected chi connectivity index (χ1v) is 12.9. The van der Waals surface area contributed by atoms with E-state index < -0.39 is 0 Å². The Morgan fingerprint density at radius 1 is 0.842 bits per heavy atom. The van der Waals surface area contributed by atoms with E-state index in [2.05, 4.69) is 24.1 Å². The van der Waals surface area contributed by atoms with Gasteiger partial charge in [-0.15, -0.1) is 6.58 Å². The Morgan fingerprint density at radius 3 is 2.08 bits per heavy atom. The SMILES string of the molecule is C=C(C)CCCn1c(Cn2c(=O)n(Cc3ccc(C(=O)N(C)C)cc3)c3ccccc32)nc2ccccc21. The number of hydrogen-bond acceptors (Lipinski definition) is 3. The fourth-order valence-corrected chi connectivity index (χ4v) is 4.95. The number of benzene rings is 3. The molecule has 5 rings (SSSR count). The molecule has 7 nitrogen and oxygen atoms in total. The number of fused-ring (bicyclic) bond motifs is 2. The van der Waals surface area contributed by atoms with E-state index in [1.165, 1.54) is 0 Å². The van der Waals surface area contributed by atoms with Crippen molar-refractivity contribution < 1.29 is 4.79 Å². The molecule has 0 bridgehead atoms. The van der Waals surface area contributed by atoms with Crippen molar-refractivity contribution in [1.29, 1.82) is 0 Å². The molecule has 38 heavy (non-hydrogen) atoms. The van der Waals surface area contributed by atoms with E-state index in [1.54, 1.807) is 23.6 Å². The van der Waals surface area contributed by atoms with Gasteiger partial charge in [-0.05, 0) is 61.7 Å². The highest BCUT2D eigenvalue weighted by Crippen LogP contribution is 2.21. The van der Waals surface area contributed by atoms with Gasteiger partial charge in [0, 0.05) is 26.2 Å². The number of allylic oxidation sites excluding steroid dienone is 1. The highest BCUT2D eigenvalue weighted by atomic mass is 16.2. The summed E-state index contributed by atoms with van der Waals surface area (Å²) in [6.45, 7) is 7.70. The quantitative estimate of drug-likeness (QED) is 0.254. The largest absolute Gasteiger partial charge is 0.345 e. The van der Waals surface area contributed by atoms with Gasteiger partial charge in [0.05, 0.1) is 35.2 Å². The van der Waals surface area contributed by atoms with E-state index in [1.807, 2.05) is 71.3 Å². The summed E-state index contributed by atoms with van der Waals surface area (Å²) in [5.74, 6) is 0.820. The average molecular weight is 508 g/mol. The highest BCUT2D eigenvalue weighted by molar-refractivity contribution is 5.93. The van der Waals surface area contributed by atoms with Gasteiger partial charge in [0.25, 0.3) is 5.91 Å². The molecule has 3 aromatic carbocycles. The van der Waals surface area contributed by atoms with E-state index in [0.29, 0.717) is 18.7 Å². The summed E-state index contributed by atoms with van der Waals surface area (Å²) in [6, 6.07) is 23.5. The molecule has 5 aromatic rings. The van der Waals surface area contributed by atoms with Gasteiger partial charge in [-0.25, -0.2) is 9.78 Å². The summed E-state index contributed by atoms with van der Waals surface area (Å²) in [7, 11) is 3.47. The summed E-state index contributed by atoms with van der Waals surface area (Å²) in [5, 5.41) is 0. The lowest BCUT2D eigenvalue weighted by Gasteiger charge is -2.11. The van der Waals surface area contributed by atoms with Gasteiger partial charge < -0.3 is 9.47 Å². The van der Waals surface area contributed by atoms with Gasteiger partial charge in [0.1, 0.15) is 5.82 Å². The van der Waals surface area contributed by atoms with Crippen LogP contribution in [0.2, 0.25) is 0 Å². The number of imidazole rings is 2. The van der Waals surface area contributed by atoms with Crippen molar-refractivity contribution in [2.45, 2.75) is 39.4 Å². The molecule has 0 aliphatic rings. The van der Waals surface area contributed by atoms with Crippen LogP contribution < -0.4 is 5.69 Å². The lowest BCUT2D eigenvalue weighted by Crippen LogP contribution is -2.26. The van der Waals surface area contributed by atoms with Crippen LogP contribution in [0.1, 0.15) is 41.5 Å². The number of hydrogen-bond donors (Lipinski definition) is 0. The van der Waals surface area contributed by atoms with E-state index in [0.717, 1.165) is 58.4 Å². The van der Waals surface area contributed by atoms with Crippen LogP contribution in [0, 0.1) is 0 Å². The van der Waals surface area contributed by atoms with Crippen LogP contribution in [0.15, 0.2) is 89.7 Å². The molecule has 0 aliphatic heterocycles. The molecule has 0 N–H and O–H groups in total. The Kier molecular flexibility index (Phi) is 7.01. The Hall–Kier alpha value is -4.39. The van der Waals surface area contributed by atoms with Crippen LogP contribution in [-0.2, 0) is 19.6 Å². The van der Waals surface area contributed by atoms with Crippen molar-refractivity contribution in [3.05, 3.63) is 112 Å². The van der Waals surface area contributed by atoms with Gasteiger partial charge >= 0.3 is 5.69 Å². The molecule has 1 amide bonds. The summed E-state index contributed by atoms with van der Waals surface area (Å²) in [6.07, 6.45) is 1.91. The molecular formula is C31H33N5O2. The topological polar surface area (TPSA) is 65.1 Å². The van der Waals surface area contributed by atoms with Crippen LogP contribution in [0.5, 0.6) is 0 Å². The van der Waals surface area contributed by atoms with Gasteiger partial charge in [0.2, 0.25) is 0 Å². The summed E-state index contributed by atoms with van der Waals surface area (Å²) >= 11 is 0. The van der Waals surface area contributed by atoms with Crippen LogP contribution in [0.25, 0.3) is 22.1 Å². The van der Waals surface area contributed by atoms with Crippen molar-refractivity contribution in [2.75, 3.05) is 14.1 Å². The van der Waals surface area contributed by atoms with Crippen molar-refractivity contribution in [3.8, 4) is 0 Å². The van der Waals surface area contributed by atoms with Gasteiger partial charge in [-0.1, -0.05) is 42.0 Å². The molecular weight excluding hydrogens is 474 g/mol. The maximum absolute atomic E-state index is 13.8. The molecule has 0 aliphatic carbocycles. The Morgan fingerprint density at radius 2 is 1.45 bits per heavy atom. The van der Waals surface area contributed by atoms with Crippen LogP contribution in [0.3, 0.4) is 0 Å². The lowest BCUT2D eigenvalue weighted by atomic mass is 10.1. The molecule has 194 valence electrons. The van der Waals surface area contributed by atoms with E-state index in [4.69, 9.17) is 4.98 Å². The number of nitrogens with zero attached hydrogens (tertiary/aromatic N) is 5. The first-order valence-electron chi connectivity index (χ1n) is 12.9. The molecule has 7 heteroatoms. The van der Waals surface area contributed by atoms with Crippen LogP contribution in [-0.4, -0.2) is 43.6 Å². The maximum Gasteiger partial charge on any atom is 0.329 e. The minimum atomic E-state index is -0.0832. The standard InChI is InChI=1S/C31H33N5O2/c1-22(2)10-9-19-34-26-12-6-5-11-25(26)32-29(34)21-36-28-14-8-7-13-27(28)35(31(36)38)20-23-15-17-24(18-16-23)30(37)33(3)4/h5-8,11-18H,1,9-10,19-21H2,2-4H3. The summed E-state index contributed by atoms with van der Waals surface area (Å²) in [5.41, 5.74) is 6.41. The minimum Gasteiger partial charge on any atom is -0.345 e. The van der Waals surface area contributed by atoms with Crippen molar-refractivity contribution in [1.82, 2.24) is 23.6 Å². The number of carbonyl (C=O) groups excluding carboxylic acids is 1. The number of aromatic nitrogens is 4. The normalized spacial score (nSPS) is 11.3. The molecule has 0 saturated heterocycles. The van der Waals surface area contributed by atoms with Gasteiger partial charge in [0.15, 0.2) is 0 Å². The average Bonchev–Trinajstić information content (AvgIpc) is 3.39. The van der Waals surface area contributed by atoms with Crippen molar-refractivity contribution >= 4 is 28.0 Å². The fourth-order valence-electron chi connectivity index (χ4n) is 4.95. The predicted molar refractivity (Wildman–Crippen MR) is 153 cm³/mol. The first kappa shape index (κ1) is 25.3. The molecule has 0 spiro atoms. The maximum atomic E-state index is 13.8. The fraction of sp³-hybridized carbons (Fsp3) is 0.258. The number of aryl methyl sites for hydroxylation is 1. The zero-order valence-corrected chi connectivity index (χ0v) is 22.2. The number of rotatable bonds is 9. The van der Waals surface area contributed by atoms with E-state index in [9.17, 15) is 9.59 Å². The van der Waals surface area contributed by atoms with Gasteiger partial charge in [-0.3, -0.25) is 13.9 Å². The molecule has 2 aromatic heterocycles. The summed E-state index contributed by atoms with van der Waals surface area (Å²) in [4.78, 5) is 32.6. The number of carbonyl (C=O) groups is 1. The molecule has 2 heterocycles. The molecule has 0 fully saturated rings. The monoisotopic (exact) mass is 507 g/mol. The van der Waals surface area contributed by atoms with E-state index >= 15 is 0 Å².